The number of pyridine rings is 1. The highest BCUT2D eigenvalue weighted by Gasteiger charge is 2.09. The number of aryl methyl sites for hydroxylation is 2. The van der Waals surface area contributed by atoms with E-state index in [1.807, 2.05) is 42.5 Å². The molecule has 5 aromatic rings. The molecule has 0 aliphatic carbocycles. The number of nitrogens with one attached hydrogen (secondary N) is 1. The van der Waals surface area contributed by atoms with Crippen LogP contribution in [0, 0.1) is 6.92 Å². The fourth-order valence-electron chi connectivity index (χ4n) is 3.74. The highest BCUT2D eigenvalue weighted by molar-refractivity contribution is 7.21. The lowest BCUT2D eigenvalue weighted by atomic mass is 10.2. The zero-order valence-electron chi connectivity index (χ0n) is 19.1. The predicted octanol–water partition coefficient (Wildman–Crippen LogP) is 5.31. The first-order valence-electron chi connectivity index (χ1n) is 11.3. The Morgan fingerprint density at radius 1 is 1.03 bits per heavy atom. The fourth-order valence-corrected chi connectivity index (χ4v) is 4.81. The third kappa shape index (κ3) is 5.33. The molecule has 0 fully saturated rings. The second-order valence-electron chi connectivity index (χ2n) is 8.24. The van der Waals surface area contributed by atoms with Crippen LogP contribution in [0.5, 0.6) is 0 Å². The van der Waals surface area contributed by atoms with Crippen LogP contribution in [0.4, 0.5) is 5.69 Å². The summed E-state index contributed by atoms with van der Waals surface area (Å²) in [7, 11) is 0. The second-order valence-corrected chi connectivity index (χ2v) is 9.27. The quantitative estimate of drug-likeness (QED) is 0.340. The molecule has 0 atom stereocenters. The van der Waals surface area contributed by atoms with Crippen LogP contribution in [0.15, 0.2) is 83.9 Å². The Balaban J connectivity index is 1.17. The summed E-state index contributed by atoms with van der Waals surface area (Å²) in [5, 5.41) is 8.28. The van der Waals surface area contributed by atoms with E-state index >= 15 is 0 Å². The number of hydrogen-bond acceptors (Lipinski definition) is 6. The Kier molecular flexibility index (Phi) is 6.45. The Morgan fingerprint density at radius 2 is 1.89 bits per heavy atom. The highest BCUT2D eigenvalue weighted by atomic mass is 32.1. The van der Waals surface area contributed by atoms with Crippen LogP contribution in [-0.2, 0) is 11.3 Å². The molecule has 3 heterocycles. The summed E-state index contributed by atoms with van der Waals surface area (Å²) < 4.78 is 2.56. The Labute approximate surface area is 206 Å². The van der Waals surface area contributed by atoms with Gasteiger partial charge >= 0.3 is 0 Å². The van der Waals surface area contributed by atoms with Gasteiger partial charge in [0.05, 0.1) is 15.9 Å². The summed E-state index contributed by atoms with van der Waals surface area (Å²) in [6.07, 6.45) is 4.17. The van der Waals surface area contributed by atoms with Crippen LogP contribution in [0.2, 0.25) is 0 Å². The van der Waals surface area contributed by atoms with Gasteiger partial charge in [0.15, 0.2) is 0 Å². The molecule has 174 valence electrons. The normalized spacial score (nSPS) is 11.0. The predicted molar refractivity (Wildman–Crippen MR) is 139 cm³/mol. The lowest BCUT2D eigenvalue weighted by molar-refractivity contribution is -0.116. The average Bonchev–Trinajstić information content (AvgIpc) is 3.29. The number of benzene rings is 2. The van der Waals surface area contributed by atoms with E-state index in [1.54, 1.807) is 29.8 Å². The standard InChI is InChI=1S/C27H23N5O2S/c1-18-6-11-23-24(16-18)35-27(30-23)19-7-9-21(10-8-19)29-25(33)5-3-15-32-26(34)13-12-22(31-32)20-4-2-14-28-17-20/h2,4,6-14,16-17H,3,5,15H2,1H3,(H,29,33). The maximum absolute atomic E-state index is 12.4. The number of aromatic nitrogens is 4. The van der Waals surface area contributed by atoms with Gasteiger partial charge in [0.25, 0.3) is 5.56 Å². The smallest absolute Gasteiger partial charge is 0.266 e. The molecule has 0 saturated carbocycles. The van der Waals surface area contributed by atoms with Crippen LogP contribution in [-0.4, -0.2) is 25.7 Å². The maximum Gasteiger partial charge on any atom is 0.266 e. The molecular weight excluding hydrogens is 458 g/mol. The molecule has 1 N–H and O–H groups in total. The van der Waals surface area contributed by atoms with Gasteiger partial charge in [-0.15, -0.1) is 11.3 Å². The maximum atomic E-state index is 12.4. The lowest BCUT2D eigenvalue weighted by Gasteiger charge is -2.08. The van der Waals surface area contributed by atoms with Gasteiger partial charge in [-0.25, -0.2) is 9.67 Å². The van der Waals surface area contributed by atoms with Gasteiger partial charge in [-0.05, 0) is 73.5 Å². The van der Waals surface area contributed by atoms with E-state index in [9.17, 15) is 9.59 Å². The third-order valence-electron chi connectivity index (χ3n) is 5.56. The summed E-state index contributed by atoms with van der Waals surface area (Å²) in [6, 6.07) is 20.8. The largest absolute Gasteiger partial charge is 0.326 e. The molecule has 1 amide bonds. The van der Waals surface area contributed by atoms with Gasteiger partial charge < -0.3 is 5.32 Å². The number of fused-ring (bicyclic) bond motifs is 1. The van der Waals surface area contributed by atoms with E-state index in [-0.39, 0.29) is 17.9 Å². The highest BCUT2D eigenvalue weighted by Crippen LogP contribution is 2.31. The van der Waals surface area contributed by atoms with Gasteiger partial charge in [-0.1, -0.05) is 6.07 Å². The van der Waals surface area contributed by atoms with Crippen molar-refractivity contribution in [3.8, 4) is 21.8 Å². The SMILES string of the molecule is Cc1ccc2nc(-c3ccc(NC(=O)CCCn4nc(-c5cccnc5)ccc4=O)cc3)sc2c1. The molecule has 35 heavy (non-hydrogen) atoms. The topological polar surface area (TPSA) is 89.8 Å². The van der Waals surface area contributed by atoms with Crippen LogP contribution in [0.25, 0.3) is 32.0 Å². The number of carbonyl (C=O) groups excluding carboxylic acids is 1. The summed E-state index contributed by atoms with van der Waals surface area (Å²) in [4.78, 5) is 33.4. The van der Waals surface area contributed by atoms with Gasteiger partial charge in [0.1, 0.15) is 5.01 Å². The van der Waals surface area contributed by atoms with E-state index in [0.29, 0.717) is 18.7 Å². The van der Waals surface area contributed by atoms with Crippen LogP contribution in [0.3, 0.4) is 0 Å². The van der Waals surface area contributed by atoms with Crippen molar-refractivity contribution < 1.29 is 4.79 Å². The van der Waals surface area contributed by atoms with Crippen molar-refractivity contribution in [1.82, 2.24) is 19.7 Å². The Hall–Kier alpha value is -4.17. The zero-order chi connectivity index (χ0) is 24.2. The number of amides is 1. The number of carbonyl (C=O) groups is 1. The van der Waals surface area contributed by atoms with Crippen molar-refractivity contribution in [3.63, 3.8) is 0 Å². The zero-order valence-corrected chi connectivity index (χ0v) is 20.0. The second kappa shape index (κ2) is 9.99. The molecule has 0 aliphatic rings. The van der Waals surface area contributed by atoms with Crippen molar-refractivity contribution >= 4 is 33.1 Å². The number of rotatable bonds is 7. The summed E-state index contributed by atoms with van der Waals surface area (Å²) >= 11 is 1.66. The fraction of sp³-hybridized carbons (Fsp3) is 0.148. The summed E-state index contributed by atoms with van der Waals surface area (Å²) in [6.45, 7) is 2.43. The van der Waals surface area contributed by atoms with E-state index in [0.717, 1.165) is 32.0 Å². The number of thiazole rings is 1. The third-order valence-corrected chi connectivity index (χ3v) is 6.62. The van der Waals surface area contributed by atoms with Crippen molar-refractivity contribution in [3.05, 3.63) is 95.0 Å². The molecule has 0 unspecified atom stereocenters. The Morgan fingerprint density at radius 3 is 2.69 bits per heavy atom. The van der Waals surface area contributed by atoms with E-state index in [1.165, 1.54) is 16.3 Å². The van der Waals surface area contributed by atoms with Crippen molar-refractivity contribution in [2.45, 2.75) is 26.3 Å². The van der Waals surface area contributed by atoms with Crippen LogP contribution >= 0.6 is 11.3 Å². The van der Waals surface area contributed by atoms with Crippen LogP contribution in [0.1, 0.15) is 18.4 Å². The number of anilines is 1. The van der Waals surface area contributed by atoms with E-state index in [4.69, 9.17) is 4.98 Å². The van der Waals surface area contributed by atoms with Gasteiger partial charge in [-0.2, -0.15) is 5.10 Å². The summed E-state index contributed by atoms with van der Waals surface area (Å²) in [5.41, 5.74) is 5.26. The molecule has 8 heteroatoms. The molecule has 0 aliphatic heterocycles. The first-order chi connectivity index (χ1) is 17.0. The number of hydrogen-bond donors (Lipinski definition) is 1. The molecule has 0 bridgehead atoms. The molecule has 0 radical (unpaired) electrons. The van der Waals surface area contributed by atoms with Crippen molar-refractivity contribution in [2.75, 3.05) is 5.32 Å². The number of nitrogens with zero attached hydrogens (tertiary/aromatic N) is 4. The minimum atomic E-state index is -0.196. The van der Waals surface area contributed by atoms with Crippen molar-refractivity contribution in [1.29, 1.82) is 0 Å². The average molecular weight is 482 g/mol. The first kappa shape index (κ1) is 22.6. The van der Waals surface area contributed by atoms with Crippen molar-refractivity contribution in [2.24, 2.45) is 0 Å². The minimum absolute atomic E-state index is 0.107. The molecule has 0 saturated heterocycles. The summed E-state index contributed by atoms with van der Waals surface area (Å²) in [5.74, 6) is -0.107. The monoisotopic (exact) mass is 481 g/mol. The molecular formula is C27H23N5O2S. The lowest BCUT2D eigenvalue weighted by Crippen LogP contribution is -2.23. The molecule has 3 aromatic heterocycles. The molecule has 5 rings (SSSR count). The van der Waals surface area contributed by atoms with E-state index < -0.39 is 0 Å². The molecule has 7 nitrogen and oxygen atoms in total. The first-order valence-corrected chi connectivity index (χ1v) is 12.1. The van der Waals surface area contributed by atoms with Gasteiger partial charge in [0.2, 0.25) is 5.91 Å². The van der Waals surface area contributed by atoms with Gasteiger partial charge in [-0.3, -0.25) is 14.6 Å². The molecule has 0 spiro atoms. The van der Waals surface area contributed by atoms with E-state index in [2.05, 4.69) is 34.5 Å². The van der Waals surface area contributed by atoms with Gasteiger partial charge in [0, 0.05) is 48.2 Å². The minimum Gasteiger partial charge on any atom is -0.326 e. The van der Waals surface area contributed by atoms with Crippen LogP contribution < -0.4 is 10.9 Å². The Bertz CT molecular complexity index is 1540. The molecule has 2 aromatic carbocycles.